The molecule has 0 fully saturated rings. The zero-order valence-electron chi connectivity index (χ0n) is 9.47. The van der Waals surface area contributed by atoms with E-state index in [0.29, 0.717) is 5.02 Å². The summed E-state index contributed by atoms with van der Waals surface area (Å²) in [5.41, 5.74) is 0.801. The van der Waals surface area contributed by atoms with Gasteiger partial charge in [0, 0.05) is 11.1 Å². The first-order valence-corrected chi connectivity index (χ1v) is 5.86. The highest BCUT2D eigenvalue weighted by Gasteiger charge is 2.13. The molecule has 0 saturated carbocycles. The minimum atomic E-state index is -0.258. The van der Waals surface area contributed by atoms with E-state index < -0.39 is 0 Å². The SMILES string of the molecule is C=CCC(NCCC)c1cc(F)ccc1Cl. The van der Waals surface area contributed by atoms with Crippen LogP contribution in [0.1, 0.15) is 31.4 Å². The molecule has 3 heteroatoms. The fraction of sp³-hybridized carbons (Fsp3) is 0.385. The van der Waals surface area contributed by atoms with Gasteiger partial charge in [-0.3, -0.25) is 0 Å². The number of rotatable bonds is 6. The minimum absolute atomic E-state index is 0.0423. The van der Waals surface area contributed by atoms with Crippen molar-refractivity contribution in [2.45, 2.75) is 25.8 Å². The predicted molar refractivity (Wildman–Crippen MR) is 67.3 cm³/mol. The summed E-state index contributed by atoms with van der Waals surface area (Å²) in [5.74, 6) is -0.258. The average molecular weight is 242 g/mol. The van der Waals surface area contributed by atoms with Crippen LogP contribution < -0.4 is 5.32 Å². The number of hydrogen-bond acceptors (Lipinski definition) is 1. The molecule has 0 heterocycles. The molecule has 0 radical (unpaired) electrons. The van der Waals surface area contributed by atoms with Crippen molar-refractivity contribution in [3.8, 4) is 0 Å². The summed E-state index contributed by atoms with van der Waals surface area (Å²) in [6.07, 6.45) is 3.58. The van der Waals surface area contributed by atoms with Crippen LogP contribution in [0.5, 0.6) is 0 Å². The lowest BCUT2D eigenvalue weighted by Gasteiger charge is -2.18. The highest BCUT2D eigenvalue weighted by molar-refractivity contribution is 6.31. The fourth-order valence-corrected chi connectivity index (χ4v) is 1.84. The zero-order valence-corrected chi connectivity index (χ0v) is 10.2. The second-order valence-electron chi connectivity index (χ2n) is 3.70. The van der Waals surface area contributed by atoms with Gasteiger partial charge in [-0.1, -0.05) is 24.6 Å². The monoisotopic (exact) mass is 241 g/mol. The van der Waals surface area contributed by atoms with Crippen molar-refractivity contribution in [1.29, 1.82) is 0 Å². The molecule has 0 aliphatic rings. The van der Waals surface area contributed by atoms with E-state index in [-0.39, 0.29) is 11.9 Å². The van der Waals surface area contributed by atoms with Gasteiger partial charge >= 0.3 is 0 Å². The van der Waals surface area contributed by atoms with Gasteiger partial charge in [-0.2, -0.15) is 0 Å². The van der Waals surface area contributed by atoms with Gasteiger partial charge in [0.15, 0.2) is 0 Å². The predicted octanol–water partition coefficient (Wildman–Crippen LogP) is 4.10. The molecule has 0 aliphatic heterocycles. The molecule has 0 aliphatic carbocycles. The standard InChI is InChI=1S/C13H17ClFN/c1-3-5-13(16-8-4-2)11-9-10(15)6-7-12(11)14/h3,6-7,9,13,16H,1,4-5,8H2,2H3. The molecule has 0 aromatic heterocycles. The summed E-state index contributed by atoms with van der Waals surface area (Å²) >= 11 is 6.06. The molecule has 88 valence electrons. The molecule has 1 nitrogen and oxygen atoms in total. The number of hydrogen-bond donors (Lipinski definition) is 1. The van der Waals surface area contributed by atoms with Gasteiger partial charge in [0.25, 0.3) is 0 Å². The summed E-state index contributed by atoms with van der Waals surface area (Å²) in [6.45, 7) is 6.68. The second-order valence-corrected chi connectivity index (χ2v) is 4.10. The van der Waals surface area contributed by atoms with Crippen LogP contribution in [0, 0.1) is 5.82 Å². The highest BCUT2D eigenvalue weighted by Crippen LogP contribution is 2.26. The molecular weight excluding hydrogens is 225 g/mol. The number of benzene rings is 1. The molecule has 1 atom stereocenters. The first kappa shape index (κ1) is 13.2. The second kappa shape index (κ2) is 6.66. The lowest BCUT2D eigenvalue weighted by atomic mass is 10.0. The van der Waals surface area contributed by atoms with E-state index in [4.69, 9.17) is 11.6 Å². The normalized spacial score (nSPS) is 12.4. The third-order valence-corrected chi connectivity index (χ3v) is 2.72. The molecule has 1 N–H and O–H groups in total. The van der Waals surface area contributed by atoms with Crippen LogP contribution in [0.4, 0.5) is 4.39 Å². The third-order valence-electron chi connectivity index (χ3n) is 2.38. The van der Waals surface area contributed by atoms with Gasteiger partial charge < -0.3 is 5.32 Å². The Morgan fingerprint density at radius 2 is 2.31 bits per heavy atom. The van der Waals surface area contributed by atoms with E-state index in [1.54, 1.807) is 6.07 Å². The Morgan fingerprint density at radius 3 is 2.94 bits per heavy atom. The average Bonchev–Trinajstić information content (AvgIpc) is 2.28. The van der Waals surface area contributed by atoms with Crippen LogP contribution in [0.2, 0.25) is 5.02 Å². The van der Waals surface area contributed by atoms with Gasteiger partial charge in [0.05, 0.1) is 0 Å². The molecule has 1 rings (SSSR count). The Labute approximate surface area is 101 Å². The zero-order chi connectivity index (χ0) is 12.0. The Balaban J connectivity index is 2.90. The molecule has 0 amide bonds. The molecule has 0 spiro atoms. The van der Waals surface area contributed by atoms with Crippen LogP contribution in [0.15, 0.2) is 30.9 Å². The van der Waals surface area contributed by atoms with E-state index in [0.717, 1.165) is 24.9 Å². The summed E-state index contributed by atoms with van der Waals surface area (Å²) in [4.78, 5) is 0. The van der Waals surface area contributed by atoms with Gasteiger partial charge in [-0.25, -0.2) is 4.39 Å². The van der Waals surface area contributed by atoms with Crippen molar-refractivity contribution in [2.75, 3.05) is 6.54 Å². The lowest BCUT2D eigenvalue weighted by Crippen LogP contribution is -2.22. The topological polar surface area (TPSA) is 12.0 Å². The molecule has 0 saturated heterocycles. The Bertz CT molecular complexity index is 352. The van der Waals surface area contributed by atoms with E-state index in [1.807, 2.05) is 6.08 Å². The van der Waals surface area contributed by atoms with E-state index in [2.05, 4.69) is 18.8 Å². The highest BCUT2D eigenvalue weighted by atomic mass is 35.5. The molecular formula is C13H17ClFN. The molecule has 1 unspecified atom stereocenters. The van der Waals surface area contributed by atoms with Crippen molar-refractivity contribution in [2.24, 2.45) is 0 Å². The van der Waals surface area contributed by atoms with Crippen LogP contribution in [0.25, 0.3) is 0 Å². The number of halogens is 2. The van der Waals surface area contributed by atoms with Crippen LogP contribution in [-0.2, 0) is 0 Å². The van der Waals surface area contributed by atoms with Gasteiger partial charge in [0.2, 0.25) is 0 Å². The summed E-state index contributed by atoms with van der Waals surface area (Å²) in [7, 11) is 0. The van der Waals surface area contributed by atoms with Crippen molar-refractivity contribution in [3.05, 3.63) is 47.3 Å². The van der Waals surface area contributed by atoms with Crippen molar-refractivity contribution < 1.29 is 4.39 Å². The van der Waals surface area contributed by atoms with Crippen molar-refractivity contribution in [1.82, 2.24) is 5.32 Å². The van der Waals surface area contributed by atoms with Gasteiger partial charge in [-0.05, 0) is 43.1 Å². The number of nitrogens with one attached hydrogen (secondary N) is 1. The quantitative estimate of drug-likeness (QED) is 0.740. The Hall–Kier alpha value is -0.860. The fourth-order valence-electron chi connectivity index (χ4n) is 1.59. The molecule has 16 heavy (non-hydrogen) atoms. The van der Waals surface area contributed by atoms with Crippen LogP contribution in [-0.4, -0.2) is 6.54 Å². The lowest BCUT2D eigenvalue weighted by molar-refractivity contribution is 0.532. The Kier molecular flexibility index (Phi) is 5.50. The summed E-state index contributed by atoms with van der Waals surface area (Å²) in [5, 5.41) is 3.93. The maximum absolute atomic E-state index is 13.2. The van der Waals surface area contributed by atoms with Crippen LogP contribution >= 0.6 is 11.6 Å². The van der Waals surface area contributed by atoms with E-state index in [9.17, 15) is 4.39 Å². The van der Waals surface area contributed by atoms with Crippen molar-refractivity contribution >= 4 is 11.6 Å². The van der Waals surface area contributed by atoms with Crippen LogP contribution in [0.3, 0.4) is 0 Å². The minimum Gasteiger partial charge on any atom is -0.310 e. The maximum Gasteiger partial charge on any atom is 0.123 e. The maximum atomic E-state index is 13.2. The third kappa shape index (κ3) is 3.62. The van der Waals surface area contributed by atoms with E-state index in [1.165, 1.54) is 12.1 Å². The summed E-state index contributed by atoms with van der Waals surface area (Å²) < 4.78 is 13.2. The first-order valence-electron chi connectivity index (χ1n) is 5.48. The van der Waals surface area contributed by atoms with Crippen molar-refractivity contribution in [3.63, 3.8) is 0 Å². The largest absolute Gasteiger partial charge is 0.310 e. The molecule has 1 aromatic carbocycles. The Morgan fingerprint density at radius 1 is 1.56 bits per heavy atom. The summed E-state index contributed by atoms with van der Waals surface area (Å²) in [6, 6.07) is 4.49. The molecule has 0 bridgehead atoms. The molecule has 1 aromatic rings. The smallest absolute Gasteiger partial charge is 0.123 e. The van der Waals surface area contributed by atoms with Gasteiger partial charge in [0.1, 0.15) is 5.82 Å². The first-order chi connectivity index (χ1) is 7.69. The van der Waals surface area contributed by atoms with Gasteiger partial charge in [-0.15, -0.1) is 6.58 Å². The van der Waals surface area contributed by atoms with E-state index >= 15 is 0 Å².